The second kappa shape index (κ2) is 8.44. The molecule has 0 aliphatic carbocycles. The molecule has 0 saturated heterocycles. The number of aliphatic carboxylic acids is 1. The number of amides is 1. The molecule has 2 atom stereocenters. The molecule has 0 heterocycles. The average molecular weight is 341 g/mol. The van der Waals surface area contributed by atoms with Crippen molar-refractivity contribution in [3.05, 3.63) is 70.8 Å². The van der Waals surface area contributed by atoms with Crippen LogP contribution in [0.2, 0.25) is 0 Å². The van der Waals surface area contributed by atoms with Crippen LogP contribution >= 0.6 is 0 Å². The van der Waals surface area contributed by atoms with Crippen molar-refractivity contribution in [1.29, 1.82) is 0 Å². The summed E-state index contributed by atoms with van der Waals surface area (Å²) in [7, 11) is 1.43. The van der Waals surface area contributed by atoms with Crippen LogP contribution in [-0.2, 0) is 20.7 Å². The Balaban J connectivity index is 2.13. The molecule has 132 valence electrons. The highest BCUT2D eigenvalue weighted by Gasteiger charge is 2.26. The van der Waals surface area contributed by atoms with Gasteiger partial charge >= 0.3 is 5.97 Å². The second-order valence-electron chi connectivity index (χ2n) is 6.05. The number of carboxylic acid groups (broad SMARTS) is 1. The van der Waals surface area contributed by atoms with Gasteiger partial charge in [-0.2, -0.15) is 0 Å². The molecule has 0 fully saturated rings. The average Bonchev–Trinajstić information content (AvgIpc) is 2.59. The minimum absolute atomic E-state index is 0.216. The molecule has 0 unspecified atom stereocenters. The van der Waals surface area contributed by atoms with E-state index in [1.165, 1.54) is 7.11 Å². The van der Waals surface area contributed by atoms with Gasteiger partial charge in [-0.15, -0.1) is 0 Å². The lowest BCUT2D eigenvalue weighted by Crippen LogP contribution is -2.44. The summed E-state index contributed by atoms with van der Waals surface area (Å²) in [5, 5.41) is 12.1. The summed E-state index contributed by atoms with van der Waals surface area (Å²) in [5.74, 6) is -1.54. The van der Waals surface area contributed by atoms with Crippen LogP contribution in [0.5, 0.6) is 0 Å². The molecule has 2 aromatic carbocycles. The summed E-state index contributed by atoms with van der Waals surface area (Å²) in [6.45, 7) is 3.97. The van der Waals surface area contributed by atoms with Gasteiger partial charge in [0, 0.05) is 13.5 Å². The van der Waals surface area contributed by atoms with Gasteiger partial charge in [-0.3, -0.25) is 4.79 Å². The van der Waals surface area contributed by atoms with Crippen molar-refractivity contribution in [2.75, 3.05) is 7.11 Å². The Morgan fingerprint density at radius 3 is 2.32 bits per heavy atom. The molecule has 0 aliphatic rings. The van der Waals surface area contributed by atoms with E-state index in [4.69, 9.17) is 4.74 Å². The normalized spacial score (nSPS) is 13.1. The largest absolute Gasteiger partial charge is 0.480 e. The fourth-order valence-electron chi connectivity index (χ4n) is 2.64. The van der Waals surface area contributed by atoms with Gasteiger partial charge in [0.25, 0.3) is 5.91 Å². The zero-order valence-electron chi connectivity index (χ0n) is 14.7. The lowest BCUT2D eigenvalue weighted by molar-refractivity contribution is -0.144. The van der Waals surface area contributed by atoms with Gasteiger partial charge in [0.15, 0.2) is 6.10 Å². The fraction of sp³-hybridized carbons (Fsp3) is 0.300. The van der Waals surface area contributed by atoms with E-state index < -0.39 is 24.0 Å². The van der Waals surface area contributed by atoms with Crippen molar-refractivity contribution in [3.8, 4) is 0 Å². The zero-order valence-corrected chi connectivity index (χ0v) is 14.7. The van der Waals surface area contributed by atoms with E-state index in [1.54, 1.807) is 24.3 Å². The second-order valence-corrected chi connectivity index (χ2v) is 6.05. The molecule has 5 heteroatoms. The van der Waals surface area contributed by atoms with Crippen LogP contribution in [0.1, 0.15) is 28.4 Å². The number of methoxy groups -OCH3 is 1. The van der Waals surface area contributed by atoms with Gasteiger partial charge < -0.3 is 15.2 Å². The molecule has 2 rings (SSSR count). The molecular weight excluding hydrogens is 318 g/mol. The Hall–Kier alpha value is -2.66. The number of benzene rings is 2. The van der Waals surface area contributed by atoms with Crippen LogP contribution in [0, 0.1) is 13.8 Å². The lowest BCUT2D eigenvalue weighted by Gasteiger charge is -2.20. The molecule has 2 N–H and O–H groups in total. The van der Waals surface area contributed by atoms with Gasteiger partial charge in [0.2, 0.25) is 0 Å². The van der Waals surface area contributed by atoms with E-state index in [2.05, 4.69) is 5.32 Å². The molecule has 25 heavy (non-hydrogen) atoms. The molecule has 0 aromatic heterocycles. The van der Waals surface area contributed by atoms with Crippen molar-refractivity contribution >= 4 is 11.9 Å². The first-order chi connectivity index (χ1) is 11.9. The maximum Gasteiger partial charge on any atom is 0.326 e. The molecule has 0 radical (unpaired) electrons. The standard InChI is InChI=1S/C20H23NO4/c1-13-9-10-15(11-14(13)2)12-17(20(23)24)21-19(22)18(25-3)16-7-5-4-6-8-16/h4-11,17-18H,12H2,1-3H3,(H,21,22)(H,23,24)/t17-,18-/m0/s1. The summed E-state index contributed by atoms with van der Waals surface area (Å²) in [4.78, 5) is 24.1. The molecule has 0 saturated carbocycles. The molecule has 5 nitrogen and oxygen atoms in total. The van der Waals surface area contributed by atoms with Crippen LogP contribution in [0.15, 0.2) is 48.5 Å². The highest BCUT2D eigenvalue weighted by Crippen LogP contribution is 2.17. The molecule has 0 spiro atoms. The van der Waals surface area contributed by atoms with Gasteiger partial charge in [-0.05, 0) is 36.1 Å². The molecule has 0 aliphatic heterocycles. The number of carboxylic acids is 1. The third-order valence-electron chi connectivity index (χ3n) is 4.20. The van der Waals surface area contributed by atoms with E-state index in [1.807, 2.05) is 38.1 Å². The summed E-state index contributed by atoms with van der Waals surface area (Å²) >= 11 is 0. The predicted octanol–water partition coefficient (Wildman–Crippen LogP) is 2.80. The van der Waals surface area contributed by atoms with E-state index >= 15 is 0 Å². The first-order valence-corrected chi connectivity index (χ1v) is 8.09. The van der Waals surface area contributed by atoms with Crippen LogP contribution in [-0.4, -0.2) is 30.1 Å². The maximum absolute atomic E-state index is 12.5. The van der Waals surface area contributed by atoms with Gasteiger partial charge in [-0.1, -0.05) is 48.5 Å². The third-order valence-corrected chi connectivity index (χ3v) is 4.20. The number of carbonyl (C=O) groups excluding carboxylic acids is 1. The van der Waals surface area contributed by atoms with Crippen LogP contribution in [0.3, 0.4) is 0 Å². The minimum atomic E-state index is -1.07. The Morgan fingerprint density at radius 1 is 1.08 bits per heavy atom. The van der Waals surface area contributed by atoms with Gasteiger partial charge in [-0.25, -0.2) is 4.79 Å². The zero-order chi connectivity index (χ0) is 18.4. The molecule has 2 aromatic rings. The highest BCUT2D eigenvalue weighted by atomic mass is 16.5. The molecular formula is C20H23NO4. The SMILES string of the molecule is CO[C@H](C(=O)N[C@@H](Cc1ccc(C)c(C)c1)C(=O)O)c1ccccc1. The number of aryl methyl sites for hydroxylation is 2. The molecule has 1 amide bonds. The topological polar surface area (TPSA) is 75.6 Å². The Morgan fingerprint density at radius 2 is 1.76 bits per heavy atom. The third kappa shape index (κ3) is 4.90. The molecule has 0 bridgehead atoms. The van der Waals surface area contributed by atoms with E-state index in [9.17, 15) is 14.7 Å². The summed E-state index contributed by atoms with van der Waals surface area (Å²) < 4.78 is 5.26. The Bertz CT molecular complexity index is 743. The number of carbonyl (C=O) groups is 2. The minimum Gasteiger partial charge on any atom is -0.480 e. The summed E-state index contributed by atoms with van der Waals surface area (Å²) in [5.41, 5.74) is 3.78. The first-order valence-electron chi connectivity index (χ1n) is 8.09. The van der Waals surface area contributed by atoms with Crippen molar-refractivity contribution in [3.63, 3.8) is 0 Å². The van der Waals surface area contributed by atoms with Crippen LogP contribution < -0.4 is 5.32 Å². The summed E-state index contributed by atoms with van der Waals surface area (Å²) in [6.07, 6.45) is -0.629. The fourth-order valence-corrected chi connectivity index (χ4v) is 2.64. The van der Waals surface area contributed by atoms with Crippen molar-refractivity contribution in [2.45, 2.75) is 32.4 Å². The van der Waals surface area contributed by atoms with E-state index in [-0.39, 0.29) is 6.42 Å². The quantitative estimate of drug-likeness (QED) is 0.812. The number of rotatable bonds is 7. The smallest absolute Gasteiger partial charge is 0.326 e. The van der Waals surface area contributed by atoms with E-state index in [0.29, 0.717) is 5.56 Å². The van der Waals surface area contributed by atoms with Crippen LogP contribution in [0.4, 0.5) is 0 Å². The van der Waals surface area contributed by atoms with E-state index in [0.717, 1.165) is 16.7 Å². The number of hydrogen-bond acceptors (Lipinski definition) is 3. The highest BCUT2D eigenvalue weighted by molar-refractivity contribution is 5.87. The number of hydrogen-bond donors (Lipinski definition) is 2. The van der Waals surface area contributed by atoms with Crippen molar-refractivity contribution in [1.82, 2.24) is 5.32 Å². The lowest BCUT2D eigenvalue weighted by atomic mass is 10.0. The summed E-state index contributed by atoms with van der Waals surface area (Å²) in [6, 6.07) is 13.8. The number of ether oxygens (including phenoxy) is 1. The Kier molecular flexibility index (Phi) is 6.31. The van der Waals surface area contributed by atoms with Gasteiger partial charge in [0.05, 0.1) is 0 Å². The monoisotopic (exact) mass is 341 g/mol. The Labute approximate surface area is 147 Å². The maximum atomic E-state index is 12.5. The van der Waals surface area contributed by atoms with Crippen molar-refractivity contribution < 1.29 is 19.4 Å². The van der Waals surface area contributed by atoms with Crippen molar-refractivity contribution in [2.24, 2.45) is 0 Å². The number of nitrogens with one attached hydrogen (secondary N) is 1. The first kappa shape index (κ1) is 18.7. The van der Waals surface area contributed by atoms with Gasteiger partial charge in [0.1, 0.15) is 6.04 Å². The van der Waals surface area contributed by atoms with Crippen LogP contribution in [0.25, 0.3) is 0 Å². The predicted molar refractivity (Wildman–Crippen MR) is 95.4 cm³/mol.